The number of aryl methyl sites for hydroxylation is 2. The van der Waals surface area contributed by atoms with Gasteiger partial charge in [0.1, 0.15) is 11.5 Å². The van der Waals surface area contributed by atoms with E-state index in [0.717, 1.165) is 28.7 Å². The summed E-state index contributed by atoms with van der Waals surface area (Å²) in [7, 11) is 0. The first kappa shape index (κ1) is 22.3. The van der Waals surface area contributed by atoms with Gasteiger partial charge in [-0.3, -0.25) is 0 Å². The second kappa shape index (κ2) is 7.13. The zero-order valence-corrected chi connectivity index (χ0v) is 19.4. The third kappa shape index (κ3) is 4.54. The first-order valence-electron chi connectivity index (χ1n) is 10.2. The molecular formula is C26H38O2. The molecule has 2 rings (SSSR count). The van der Waals surface area contributed by atoms with Crippen molar-refractivity contribution in [1.82, 2.24) is 0 Å². The quantitative estimate of drug-likeness (QED) is 0.611. The van der Waals surface area contributed by atoms with Crippen LogP contribution in [0.15, 0.2) is 24.3 Å². The number of hydrogen-bond acceptors (Lipinski definition) is 2. The predicted molar refractivity (Wildman–Crippen MR) is 120 cm³/mol. The lowest BCUT2D eigenvalue weighted by molar-refractivity contribution is 0.439. The second-order valence-corrected chi connectivity index (χ2v) is 11.0. The summed E-state index contributed by atoms with van der Waals surface area (Å²) in [6, 6.07) is 8.16. The molecule has 0 aliphatic heterocycles. The maximum Gasteiger partial charge on any atom is 0.119 e. The molecular weight excluding hydrogens is 344 g/mol. The molecule has 2 nitrogen and oxygen atoms in total. The Morgan fingerprint density at radius 1 is 0.607 bits per heavy atom. The lowest BCUT2D eigenvalue weighted by Crippen LogP contribution is -2.24. The summed E-state index contributed by atoms with van der Waals surface area (Å²) in [6.45, 7) is 21.5. The summed E-state index contributed by atoms with van der Waals surface area (Å²) in [4.78, 5) is 0. The summed E-state index contributed by atoms with van der Waals surface area (Å²) in [5.41, 5.74) is 6.41. The Bertz CT molecular complexity index is 875. The highest BCUT2D eigenvalue weighted by Gasteiger charge is 2.29. The van der Waals surface area contributed by atoms with Crippen molar-refractivity contribution in [1.29, 1.82) is 0 Å². The normalized spacial score (nSPS) is 13.1. The van der Waals surface area contributed by atoms with Gasteiger partial charge in [0, 0.05) is 0 Å². The lowest BCUT2D eigenvalue weighted by atomic mass is 9.73. The van der Waals surface area contributed by atoms with Crippen LogP contribution in [0.3, 0.4) is 0 Å². The van der Waals surface area contributed by atoms with E-state index in [1.54, 1.807) is 0 Å². The van der Waals surface area contributed by atoms with Crippen molar-refractivity contribution in [2.75, 3.05) is 0 Å². The molecule has 0 saturated heterocycles. The van der Waals surface area contributed by atoms with Crippen molar-refractivity contribution < 1.29 is 10.2 Å². The zero-order chi connectivity index (χ0) is 21.7. The van der Waals surface area contributed by atoms with E-state index in [1.165, 1.54) is 11.1 Å². The predicted octanol–water partition coefficient (Wildman–Crippen LogP) is 6.83. The average molecular weight is 383 g/mol. The molecule has 0 spiro atoms. The maximum atomic E-state index is 10.5. The first-order chi connectivity index (χ1) is 12.5. The highest BCUT2D eigenvalue weighted by atomic mass is 16.3. The van der Waals surface area contributed by atoms with E-state index in [1.807, 2.05) is 12.1 Å². The Morgan fingerprint density at radius 3 is 1.50 bits per heavy atom. The van der Waals surface area contributed by atoms with Gasteiger partial charge in [-0.1, -0.05) is 67.5 Å². The van der Waals surface area contributed by atoms with E-state index in [-0.39, 0.29) is 16.2 Å². The fourth-order valence-corrected chi connectivity index (χ4v) is 4.12. The fourth-order valence-electron chi connectivity index (χ4n) is 4.12. The minimum Gasteiger partial charge on any atom is -0.508 e. The van der Waals surface area contributed by atoms with Gasteiger partial charge in [-0.2, -0.15) is 0 Å². The molecule has 2 heteroatoms. The number of hydrogen-bond donors (Lipinski definition) is 2. The summed E-state index contributed by atoms with van der Waals surface area (Å²) < 4.78 is 0. The molecule has 0 radical (unpaired) electrons. The van der Waals surface area contributed by atoms with Crippen molar-refractivity contribution in [2.24, 2.45) is 0 Å². The van der Waals surface area contributed by atoms with Crippen LogP contribution in [0.2, 0.25) is 0 Å². The standard InChI is InChI=1S/C26H38O2/c1-16-11-22(27)20(24(3,4)5)13-18(16)15-26(9,10)19-14-21(25(6,7)8)23(28)12-17(19)2/h11-14,27-28H,15H2,1-10H3. The molecule has 28 heavy (non-hydrogen) atoms. The van der Waals surface area contributed by atoms with Crippen LogP contribution >= 0.6 is 0 Å². The van der Waals surface area contributed by atoms with Crippen molar-refractivity contribution in [2.45, 2.75) is 91.9 Å². The van der Waals surface area contributed by atoms with Gasteiger partial charge >= 0.3 is 0 Å². The van der Waals surface area contributed by atoms with Crippen LogP contribution in [0.5, 0.6) is 11.5 Å². The third-order valence-electron chi connectivity index (χ3n) is 5.77. The van der Waals surface area contributed by atoms with E-state index in [0.29, 0.717) is 11.5 Å². The molecule has 0 fully saturated rings. The Hall–Kier alpha value is -1.96. The first-order valence-corrected chi connectivity index (χ1v) is 10.2. The highest BCUT2D eigenvalue weighted by molar-refractivity contribution is 5.49. The molecule has 0 atom stereocenters. The molecule has 0 bridgehead atoms. The van der Waals surface area contributed by atoms with Gasteiger partial charge < -0.3 is 10.2 Å². The lowest BCUT2D eigenvalue weighted by Gasteiger charge is -2.32. The minimum atomic E-state index is -0.115. The van der Waals surface area contributed by atoms with E-state index >= 15 is 0 Å². The molecule has 0 saturated carbocycles. The van der Waals surface area contributed by atoms with Crippen molar-refractivity contribution in [3.05, 3.63) is 57.6 Å². The van der Waals surface area contributed by atoms with Gasteiger partial charge in [0.15, 0.2) is 0 Å². The molecule has 0 aromatic heterocycles. The summed E-state index contributed by atoms with van der Waals surface area (Å²) in [5.74, 6) is 0.753. The van der Waals surface area contributed by atoms with E-state index in [9.17, 15) is 10.2 Å². The number of benzene rings is 2. The van der Waals surface area contributed by atoms with E-state index in [2.05, 4.69) is 81.4 Å². The average Bonchev–Trinajstić information content (AvgIpc) is 2.46. The van der Waals surface area contributed by atoms with Crippen LogP contribution in [0.4, 0.5) is 0 Å². The van der Waals surface area contributed by atoms with Crippen molar-refractivity contribution in [3.8, 4) is 11.5 Å². The van der Waals surface area contributed by atoms with E-state index in [4.69, 9.17) is 0 Å². The molecule has 154 valence electrons. The maximum absolute atomic E-state index is 10.5. The minimum absolute atomic E-state index is 0.103. The Balaban J connectivity index is 2.56. The van der Waals surface area contributed by atoms with Crippen molar-refractivity contribution >= 4 is 0 Å². The number of aromatic hydroxyl groups is 2. The Kier molecular flexibility index (Phi) is 5.69. The van der Waals surface area contributed by atoms with Crippen LogP contribution < -0.4 is 0 Å². The number of phenols is 2. The van der Waals surface area contributed by atoms with E-state index < -0.39 is 0 Å². The molecule has 2 aromatic rings. The van der Waals surface area contributed by atoms with Crippen LogP contribution in [-0.4, -0.2) is 10.2 Å². The van der Waals surface area contributed by atoms with Gasteiger partial charge in [0.2, 0.25) is 0 Å². The molecule has 0 heterocycles. The second-order valence-electron chi connectivity index (χ2n) is 11.0. The van der Waals surface area contributed by atoms with Crippen LogP contribution in [0, 0.1) is 13.8 Å². The molecule has 2 aromatic carbocycles. The molecule has 0 unspecified atom stereocenters. The molecule has 0 amide bonds. The SMILES string of the molecule is Cc1cc(O)c(C(C)(C)C)cc1CC(C)(C)c1cc(C(C)(C)C)c(O)cc1C. The number of rotatable bonds is 3. The summed E-state index contributed by atoms with van der Waals surface area (Å²) in [6.07, 6.45) is 0.872. The van der Waals surface area contributed by atoms with Gasteiger partial charge in [-0.25, -0.2) is 0 Å². The van der Waals surface area contributed by atoms with Crippen LogP contribution in [0.25, 0.3) is 0 Å². The number of phenolic OH excluding ortho intramolecular Hbond substituents is 2. The van der Waals surface area contributed by atoms with Gasteiger partial charge in [0.05, 0.1) is 0 Å². The highest BCUT2D eigenvalue weighted by Crippen LogP contribution is 2.40. The third-order valence-corrected chi connectivity index (χ3v) is 5.77. The molecule has 2 N–H and O–H groups in total. The molecule has 0 aliphatic rings. The Labute approximate surface area is 171 Å². The van der Waals surface area contributed by atoms with Gasteiger partial charge in [0.25, 0.3) is 0 Å². The largest absolute Gasteiger partial charge is 0.508 e. The van der Waals surface area contributed by atoms with Crippen LogP contribution in [0.1, 0.15) is 88.8 Å². The van der Waals surface area contributed by atoms with Gasteiger partial charge in [-0.15, -0.1) is 0 Å². The van der Waals surface area contributed by atoms with Crippen LogP contribution in [-0.2, 0) is 22.7 Å². The smallest absolute Gasteiger partial charge is 0.119 e. The topological polar surface area (TPSA) is 40.5 Å². The monoisotopic (exact) mass is 382 g/mol. The summed E-state index contributed by atoms with van der Waals surface area (Å²) >= 11 is 0. The van der Waals surface area contributed by atoms with Crippen molar-refractivity contribution in [3.63, 3.8) is 0 Å². The van der Waals surface area contributed by atoms with Gasteiger partial charge in [-0.05, 0) is 82.0 Å². The Morgan fingerprint density at radius 2 is 1.04 bits per heavy atom. The zero-order valence-electron chi connectivity index (χ0n) is 19.4. The molecule has 0 aliphatic carbocycles. The summed E-state index contributed by atoms with van der Waals surface area (Å²) in [5, 5.41) is 20.9. The fraction of sp³-hybridized carbons (Fsp3) is 0.538.